The van der Waals surface area contributed by atoms with E-state index >= 15 is 0 Å². The van der Waals surface area contributed by atoms with E-state index in [1.54, 1.807) is 0 Å². The monoisotopic (exact) mass is 284 g/mol. The lowest BCUT2D eigenvalue weighted by molar-refractivity contribution is 0.287. The molecule has 21 heavy (non-hydrogen) atoms. The summed E-state index contributed by atoms with van der Waals surface area (Å²) in [5.74, 6) is 0.713. The van der Waals surface area contributed by atoms with Gasteiger partial charge in [-0.05, 0) is 32.4 Å². The van der Waals surface area contributed by atoms with E-state index in [0.717, 1.165) is 35.1 Å². The first-order chi connectivity index (χ1) is 10.0. The van der Waals surface area contributed by atoms with Gasteiger partial charge < -0.3 is 19.1 Å². The highest BCUT2D eigenvalue weighted by atomic mass is 16.4. The van der Waals surface area contributed by atoms with Crippen molar-refractivity contribution in [3.63, 3.8) is 0 Å². The molecule has 0 amide bonds. The molecular weight excluding hydrogens is 269 g/mol. The molecule has 2 aromatic heterocycles. The van der Waals surface area contributed by atoms with Gasteiger partial charge in [-0.2, -0.15) is 0 Å². The number of aryl methyl sites for hydroxylation is 3. The highest BCUT2D eigenvalue weighted by Gasteiger charge is 2.17. The van der Waals surface area contributed by atoms with Crippen molar-refractivity contribution in [3.8, 4) is 0 Å². The minimum atomic E-state index is -0.355. The smallest absolute Gasteiger partial charge is 0.393 e. The fraction of sp³-hybridized carbons (Fsp3) is 0.267. The number of rotatable bonds is 3. The van der Waals surface area contributed by atoms with Gasteiger partial charge in [0, 0.05) is 28.0 Å². The van der Waals surface area contributed by atoms with E-state index in [2.05, 4.69) is 0 Å². The van der Waals surface area contributed by atoms with Crippen molar-refractivity contribution in [2.24, 2.45) is 5.64 Å². The molecular formula is C15H15BNO4. The summed E-state index contributed by atoms with van der Waals surface area (Å²) in [7, 11) is 1.14. The van der Waals surface area contributed by atoms with Crippen LogP contribution in [-0.2, 0) is 11.3 Å². The third kappa shape index (κ3) is 2.16. The first-order valence-electron chi connectivity index (χ1n) is 6.64. The second kappa shape index (κ2) is 5.05. The number of hydrogen-bond donors (Lipinski definition) is 1. The minimum Gasteiger partial charge on any atom is -0.458 e. The van der Waals surface area contributed by atoms with E-state index in [1.807, 2.05) is 26.8 Å². The van der Waals surface area contributed by atoms with Crippen molar-refractivity contribution < 1.29 is 13.5 Å². The normalized spacial score (nSPS) is 11.4. The van der Waals surface area contributed by atoms with Crippen LogP contribution in [0.1, 0.15) is 22.5 Å². The molecule has 3 aromatic rings. The molecule has 2 heterocycles. The van der Waals surface area contributed by atoms with Crippen LogP contribution in [-0.4, -0.2) is 7.62 Å². The molecule has 1 aromatic carbocycles. The molecule has 0 fully saturated rings. The molecule has 107 valence electrons. The molecule has 3 rings (SSSR count). The second-order valence-electron chi connectivity index (χ2n) is 5.10. The minimum absolute atomic E-state index is 0.274. The number of nitrogens with two attached hydrogens (primary N) is 1. The summed E-state index contributed by atoms with van der Waals surface area (Å²) in [4.78, 5) is 11.6. The van der Waals surface area contributed by atoms with Crippen molar-refractivity contribution in [1.29, 1.82) is 0 Å². The molecule has 2 N–H and O–H groups in total. The molecule has 0 spiro atoms. The molecule has 0 aliphatic rings. The van der Waals surface area contributed by atoms with E-state index in [0.29, 0.717) is 16.9 Å². The lowest BCUT2D eigenvalue weighted by Crippen LogP contribution is -2.09. The van der Waals surface area contributed by atoms with E-state index in [4.69, 9.17) is 19.1 Å². The first kappa shape index (κ1) is 13.9. The van der Waals surface area contributed by atoms with Gasteiger partial charge in [-0.1, -0.05) is 0 Å². The van der Waals surface area contributed by atoms with E-state index < -0.39 is 0 Å². The van der Waals surface area contributed by atoms with Crippen LogP contribution >= 0.6 is 0 Å². The number of hydrogen-bond acceptors (Lipinski definition) is 5. The Morgan fingerprint density at radius 1 is 1.10 bits per heavy atom. The predicted octanol–water partition coefficient (Wildman–Crippen LogP) is 2.47. The summed E-state index contributed by atoms with van der Waals surface area (Å²) in [5.41, 5.74) is 8.86. The summed E-state index contributed by atoms with van der Waals surface area (Å²) in [5, 5.41) is 1.91. The van der Waals surface area contributed by atoms with Gasteiger partial charge in [0.25, 0.3) is 0 Å². The van der Waals surface area contributed by atoms with Gasteiger partial charge in [0.1, 0.15) is 16.9 Å². The molecule has 0 bridgehead atoms. The Labute approximate surface area is 122 Å². The van der Waals surface area contributed by atoms with Crippen molar-refractivity contribution in [2.45, 2.75) is 27.4 Å². The number of furan rings is 1. The molecule has 0 unspecified atom stereocenters. The van der Waals surface area contributed by atoms with Crippen LogP contribution < -0.4 is 11.3 Å². The Hall–Kier alpha value is -2.05. The summed E-state index contributed by atoms with van der Waals surface area (Å²) in [6, 6.07) is 3.49. The van der Waals surface area contributed by atoms with Crippen molar-refractivity contribution >= 4 is 29.6 Å². The largest absolute Gasteiger partial charge is 0.458 e. The third-order valence-electron chi connectivity index (χ3n) is 3.78. The van der Waals surface area contributed by atoms with E-state index in [9.17, 15) is 4.79 Å². The summed E-state index contributed by atoms with van der Waals surface area (Å²) < 4.78 is 16.3. The summed E-state index contributed by atoms with van der Waals surface area (Å²) >= 11 is 0. The number of benzene rings is 1. The van der Waals surface area contributed by atoms with E-state index in [1.165, 1.54) is 6.07 Å². The van der Waals surface area contributed by atoms with Crippen LogP contribution in [0, 0.1) is 20.8 Å². The Morgan fingerprint density at radius 2 is 1.81 bits per heavy atom. The Balaban J connectivity index is 2.36. The second-order valence-corrected chi connectivity index (χ2v) is 5.10. The van der Waals surface area contributed by atoms with Gasteiger partial charge in [-0.3, -0.25) is 0 Å². The van der Waals surface area contributed by atoms with Gasteiger partial charge >= 0.3 is 13.2 Å². The van der Waals surface area contributed by atoms with Crippen LogP contribution in [0.5, 0.6) is 0 Å². The van der Waals surface area contributed by atoms with Crippen LogP contribution in [0.3, 0.4) is 0 Å². The first-order valence-corrected chi connectivity index (χ1v) is 6.64. The van der Waals surface area contributed by atoms with Gasteiger partial charge in [-0.15, -0.1) is 0 Å². The van der Waals surface area contributed by atoms with Gasteiger partial charge in [0.05, 0.1) is 6.61 Å². The van der Waals surface area contributed by atoms with Crippen molar-refractivity contribution in [3.05, 3.63) is 45.0 Å². The standard InChI is InChI=1S/C15H15BNO4/c1-7-4-13(18)21-14-9(3)15-11(5-10(7)14)8(2)12(20-15)6-19-16-17/h4-5H,6,17H2,1-3H3. The maximum atomic E-state index is 11.6. The lowest BCUT2D eigenvalue weighted by atomic mass is 10.0. The van der Waals surface area contributed by atoms with Crippen molar-refractivity contribution in [1.82, 2.24) is 0 Å². The van der Waals surface area contributed by atoms with Crippen molar-refractivity contribution in [2.75, 3.05) is 0 Å². The molecule has 0 aliphatic carbocycles. The predicted molar refractivity (Wildman–Crippen MR) is 81.2 cm³/mol. The third-order valence-corrected chi connectivity index (χ3v) is 3.78. The van der Waals surface area contributed by atoms with E-state index in [-0.39, 0.29) is 12.2 Å². The fourth-order valence-electron chi connectivity index (χ4n) is 2.61. The van der Waals surface area contributed by atoms with Crippen LogP contribution in [0.4, 0.5) is 0 Å². The highest BCUT2D eigenvalue weighted by Crippen LogP contribution is 2.34. The Morgan fingerprint density at radius 3 is 2.52 bits per heavy atom. The fourth-order valence-corrected chi connectivity index (χ4v) is 2.61. The zero-order valence-electron chi connectivity index (χ0n) is 12.1. The van der Waals surface area contributed by atoms with Gasteiger partial charge in [-0.25, -0.2) is 4.79 Å². The average Bonchev–Trinajstić information content (AvgIpc) is 2.76. The average molecular weight is 284 g/mol. The lowest BCUT2D eigenvalue weighted by Gasteiger charge is -2.04. The van der Waals surface area contributed by atoms with Crippen LogP contribution in [0.2, 0.25) is 0 Å². The molecule has 0 saturated heterocycles. The quantitative estimate of drug-likeness (QED) is 0.590. The molecule has 5 nitrogen and oxygen atoms in total. The topological polar surface area (TPSA) is 78.6 Å². The maximum absolute atomic E-state index is 11.6. The van der Waals surface area contributed by atoms with Gasteiger partial charge in [0.15, 0.2) is 0 Å². The number of fused-ring (bicyclic) bond motifs is 2. The SMILES string of the molecule is Cc1cc(=O)oc2c(C)c3oc(CO[B]N)c(C)c3cc12. The molecule has 0 saturated carbocycles. The highest BCUT2D eigenvalue weighted by molar-refractivity contribution is 6.22. The van der Waals surface area contributed by atoms with Gasteiger partial charge in [0.2, 0.25) is 0 Å². The maximum Gasteiger partial charge on any atom is 0.393 e. The van der Waals surface area contributed by atoms with Crippen LogP contribution in [0.25, 0.3) is 21.9 Å². The summed E-state index contributed by atoms with van der Waals surface area (Å²) in [6.45, 7) is 6.03. The molecule has 0 aliphatic heterocycles. The molecule has 6 heteroatoms. The zero-order valence-corrected chi connectivity index (χ0v) is 12.1. The molecule has 0 atom stereocenters. The molecule has 1 radical (unpaired) electrons. The zero-order chi connectivity index (χ0) is 15.1. The summed E-state index contributed by atoms with van der Waals surface area (Å²) in [6.07, 6.45) is 0. The Bertz CT molecular complexity index is 894. The Kier molecular flexibility index (Phi) is 3.35. The van der Waals surface area contributed by atoms with Crippen LogP contribution in [0.15, 0.2) is 25.8 Å².